The van der Waals surface area contributed by atoms with Crippen LogP contribution in [0.2, 0.25) is 0 Å². The predicted octanol–water partition coefficient (Wildman–Crippen LogP) is 1.49. The Balaban J connectivity index is 2.32. The van der Waals surface area contributed by atoms with Crippen LogP contribution in [0.4, 0.5) is 0 Å². The van der Waals surface area contributed by atoms with Gasteiger partial charge in [0.05, 0.1) is 11.0 Å². The van der Waals surface area contributed by atoms with E-state index >= 15 is 0 Å². The Labute approximate surface area is 117 Å². The molecule has 0 atom stereocenters. The molecule has 1 aromatic heterocycles. The van der Waals surface area contributed by atoms with Crippen molar-refractivity contribution in [1.82, 2.24) is 9.55 Å². The maximum atomic E-state index is 12.0. The molecule has 0 saturated heterocycles. The summed E-state index contributed by atoms with van der Waals surface area (Å²) in [7, 11) is 0. The van der Waals surface area contributed by atoms with Crippen LogP contribution in [0.1, 0.15) is 15.9 Å². The number of hydrogen-bond donors (Lipinski definition) is 1. The van der Waals surface area contributed by atoms with Crippen molar-refractivity contribution in [2.75, 3.05) is 0 Å². The van der Waals surface area contributed by atoms with Gasteiger partial charge in [-0.05, 0) is 28.9 Å². The van der Waals surface area contributed by atoms with E-state index in [-0.39, 0.29) is 16.8 Å². The molecule has 5 nitrogen and oxygen atoms in total. The van der Waals surface area contributed by atoms with Crippen LogP contribution < -0.4 is 11.2 Å². The van der Waals surface area contributed by atoms with Crippen molar-refractivity contribution in [2.45, 2.75) is 13.5 Å². The Morgan fingerprint density at radius 1 is 1.37 bits per heavy atom. The molecular formula is C13H11BrN2O3. The third-order valence-electron chi connectivity index (χ3n) is 2.62. The van der Waals surface area contributed by atoms with Crippen LogP contribution in [0.3, 0.4) is 0 Å². The summed E-state index contributed by atoms with van der Waals surface area (Å²) < 4.78 is 1.38. The third-order valence-corrected chi connectivity index (χ3v) is 3.19. The lowest BCUT2D eigenvalue weighted by molar-refractivity contribution is 0.0970. The first-order valence-electron chi connectivity index (χ1n) is 5.56. The van der Waals surface area contributed by atoms with Gasteiger partial charge in [-0.1, -0.05) is 23.8 Å². The average molecular weight is 323 g/mol. The minimum Gasteiger partial charge on any atom is -0.292 e. The first-order chi connectivity index (χ1) is 8.97. The zero-order valence-electron chi connectivity index (χ0n) is 10.1. The van der Waals surface area contributed by atoms with Crippen LogP contribution >= 0.6 is 15.9 Å². The van der Waals surface area contributed by atoms with Crippen molar-refractivity contribution in [1.29, 1.82) is 0 Å². The number of carbonyl (C=O) groups is 1. The van der Waals surface area contributed by atoms with E-state index in [1.165, 1.54) is 6.20 Å². The topological polar surface area (TPSA) is 71.9 Å². The minimum atomic E-state index is -0.603. The molecular weight excluding hydrogens is 312 g/mol. The Morgan fingerprint density at radius 3 is 2.79 bits per heavy atom. The molecule has 2 rings (SSSR count). The maximum absolute atomic E-state index is 12.0. The molecule has 0 fully saturated rings. The number of nitrogens with zero attached hydrogens (tertiary/aromatic N) is 1. The van der Waals surface area contributed by atoms with Crippen molar-refractivity contribution in [2.24, 2.45) is 0 Å². The molecule has 0 amide bonds. The molecule has 98 valence electrons. The molecule has 0 unspecified atom stereocenters. The van der Waals surface area contributed by atoms with Gasteiger partial charge in [-0.25, -0.2) is 4.79 Å². The minimum absolute atomic E-state index is 0.113. The summed E-state index contributed by atoms with van der Waals surface area (Å²) in [5, 5.41) is 0. The summed E-state index contributed by atoms with van der Waals surface area (Å²) in [6.07, 6.45) is 1.31. The molecule has 1 aromatic carbocycles. The molecule has 0 spiro atoms. The Morgan fingerprint density at radius 2 is 2.11 bits per heavy atom. The molecule has 0 radical (unpaired) electrons. The van der Waals surface area contributed by atoms with E-state index in [1.54, 1.807) is 18.2 Å². The van der Waals surface area contributed by atoms with Gasteiger partial charge >= 0.3 is 5.69 Å². The Bertz CT molecular complexity index is 746. The number of H-pyrrole nitrogens is 1. The van der Waals surface area contributed by atoms with Crippen LogP contribution in [0.25, 0.3) is 0 Å². The van der Waals surface area contributed by atoms with Gasteiger partial charge in [-0.2, -0.15) is 0 Å². The fourth-order valence-corrected chi connectivity index (χ4v) is 2.01. The van der Waals surface area contributed by atoms with Gasteiger partial charge in [0.2, 0.25) is 0 Å². The number of rotatable bonds is 3. The molecule has 0 bridgehead atoms. The molecule has 0 saturated carbocycles. The van der Waals surface area contributed by atoms with E-state index in [4.69, 9.17) is 0 Å². The second-order valence-electron chi connectivity index (χ2n) is 4.16. The van der Waals surface area contributed by atoms with Gasteiger partial charge in [0.1, 0.15) is 0 Å². The van der Waals surface area contributed by atoms with E-state index in [2.05, 4.69) is 20.9 Å². The quantitative estimate of drug-likeness (QED) is 0.870. The zero-order chi connectivity index (χ0) is 14.0. The summed E-state index contributed by atoms with van der Waals surface area (Å²) in [6, 6.07) is 7.13. The van der Waals surface area contributed by atoms with Crippen molar-refractivity contribution >= 4 is 21.7 Å². The largest absolute Gasteiger partial charge is 0.328 e. The summed E-state index contributed by atoms with van der Waals surface area (Å²) in [6.45, 7) is 1.78. The molecule has 1 heterocycles. The number of aromatic amines is 1. The number of ketones is 1. The highest BCUT2D eigenvalue weighted by Crippen LogP contribution is 2.06. The van der Waals surface area contributed by atoms with Crippen LogP contribution in [0, 0.1) is 6.92 Å². The smallest absolute Gasteiger partial charge is 0.292 e. The third kappa shape index (κ3) is 3.08. The van der Waals surface area contributed by atoms with Crippen LogP contribution in [-0.4, -0.2) is 15.3 Å². The number of aryl methyl sites for hydroxylation is 1. The highest BCUT2D eigenvalue weighted by atomic mass is 79.9. The second kappa shape index (κ2) is 5.36. The first kappa shape index (κ1) is 13.5. The van der Waals surface area contributed by atoms with Crippen molar-refractivity contribution in [3.8, 4) is 0 Å². The lowest BCUT2D eigenvalue weighted by Crippen LogP contribution is -2.31. The predicted molar refractivity (Wildman–Crippen MR) is 74.5 cm³/mol. The van der Waals surface area contributed by atoms with Crippen molar-refractivity contribution < 1.29 is 4.79 Å². The molecule has 0 aliphatic carbocycles. The van der Waals surface area contributed by atoms with Crippen LogP contribution in [0.5, 0.6) is 0 Å². The number of Topliss-reactive ketones (excluding diaryl/α,β-unsaturated/α-hetero) is 1. The molecule has 2 aromatic rings. The van der Waals surface area contributed by atoms with E-state index in [0.29, 0.717) is 5.56 Å². The SMILES string of the molecule is Cc1cccc(C(=O)Cn2cc(Br)c(=O)[nH]c2=O)c1. The number of benzene rings is 1. The van der Waals surface area contributed by atoms with Crippen molar-refractivity contribution in [3.63, 3.8) is 0 Å². The lowest BCUT2D eigenvalue weighted by atomic mass is 10.1. The van der Waals surface area contributed by atoms with Crippen LogP contribution in [0.15, 0.2) is 44.5 Å². The molecule has 1 N–H and O–H groups in total. The first-order valence-corrected chi connectivity index (χ1v) is 6.36. The van der Waals surface area contributed by atoms with Gasteiger partial charge in [0.15, 0.2) is 5.78 Å². The van der Waals surface area contributed by atoms with Crippen LogP contribution in [-0.2, 0) is 6.54 Å². The average Bonchev–Trinajstić information content (AvgIpc) is 2.36. The Kier molecular flexibility index (Phi) is 3.80. The van der Waals surface area contributed by atoms with Gasteiger partial charge in [-0.3, -0.25) is 19.1 Å². The normalized spacial score (nSPS) is 10.4. The monoisotopic (exact) mass is 322 g/mol. The highest BCUT2D eigenvalue weighted by Gasteiger charge is 2.09. The number of hydrogen-bond acceptors (Lipinski definition) is 3. The summed E-state index contributed by atoms with van der Waals surface area (Å²) in [5.41, 5.74) is 0.397. The van der Waals surface area contributed by atoms with Gasteiger partial charge in [-0.15, -0.1) is 0 Å². The molecule has 0 aliphatic heterocycles. The molecule has 6 heteroatoms. The van der Waals surface area contributed by atoms with Gasteiger partial charge < -0.3 is 0 Å². The zero-order valence-corrected chi connectivity index (χ0v) is 11.7. The van der Waals surface area contributed by atoms with E-state index in [1.807, 2.05) is 13.0 Å². The van der Waals surface area contributed by atoms with Gasteiger partial charge in [0.25, 0.3) is 5.56 Å². The fourth-order valence-electron chi connectivity index (χ4n) is 1.66. The molecule has 0 aliphatic rings. The number of carbonyl (C=O) groups excluding carboxylic acids is 1. The molecule has 19 heavy (non-hydrogen) atoms. The number of halogens is 1. The lowest BCUT2D eigenvalue weighted by Gasteiger charge is -2.05. The van der Waals surface area contributed by atoms with E-state index in [9.17, 15) is 14.4 Å². The fraction of sp³-hybridized carbons (Fsp3) is 0.154. The summed E-state index contributed by atoms with van der Waals surface area (Å²) in [5.74, 6) is -0.190. The van der Waals surface area contributed by atoms with E-state index < -0.39 is 11.2 Å². The Hall–Kier alpha value is -1.95. The maximum Gasteiger partial charge on any atom is 0.328 e. The number of aromatic nitrogens is 2. The number of nitrogens with one attached hydrogen (secondary N) is 1. The highest BCUT2D eigenvalue weighted by molar-refractivity contribution is 9.10. The standard InChI is InChI=1S/C13H11BrN2O3/c1-8-3-2-4-9(5-8)11(17)7-16-6-10(14)12(18)15-13(16)19/h2-6H,7H2,1H3,(H,15,18,19). The van der Waals surface area contributed by atoms with Crippen molar-refractivity contribution in [3.05, 3.63) is 66.9 Å². The van der Waals surface area contributed by atoms with Gasteiger partial charge in [0, 0.05) is 11.8 Å². The summed E-state index contributed by atoms with van der Waals surface area (Å²) >= 11 is 3.02. The van der Waals surface area contributed by atoms with E-state index in [0.717, 1.165) is 10.1 Å². The summed E-state index contributed by atoms with van der Waals surface area (Å²) in [4.78, 5) is 36.9. The second-order valence-corrected chi connectivity index (χ2v) is 5.01.